The van der Waals surface area contributed by atoms with Gasteiger partial charge in [0.05, 0.1) is 0 Å². The molecule has 0 saturated heterocycles. The zero-order valence-electron chi connectivity index (χ0n) is 29.3. The van der Waals surface area contributed by atoms with E-state index >= 15 is 0 Å². The van der Waals surface area contributed by atoms with E-state index in [9.17, 15) is 0 Å². The molecule has 9 aromatic rings. The van der Waals surface area contributed by atoms with E-state index in [2.05, 4.69) is 162 Å². The first-order valence-electron chi connectivity index (χ1n) is 18.2. The smallest absolute Gasteiger partial charge is 0.176 e. The maximum absolute atomic E-state index is 6.43. The van der Waals surface area contributed by atoms with Crippen LogP contribution in [0.5, 0.6) is 5.75 Å². The van der Waals surface area contributed by atoms with Crippen molar-refractivity contribution in [2.75, 3.05) is 4.90 Å². The van der Waals surface area contributed by atoms with Gasteiger partial charge in [-0.15, -0.1) is 0 Å². The third-order valence-corrected chi connectivity index (χ3v) is 10.1. The summed E-state index contributed by atoms with van der Waals surface area (Å²) >= 11 is 0. The molecule has 2 heterocycles. The highest BCUT2D eigenvalue weighted by Crippen LogP contribution is 2.44. The number of benzene rings is 8. The molecule has 0 N–H and O–H groups in total. The lowest BCUT2D eigenvalue weighted by Gasteiger charge is -2.26. The van der Waals surface area contributed by atoms with Crippen molar-refractivity contribution < 1.29 is 9.15 Å². The SMILES string of the molecule is C1=Cc2c(ccc3oc4ccc(N(c5ccc(-c6ccc(-c7ccccc7)cc6)cc5)c5cccc(-c6ccccc6)c5)cc4c23)OC=1c1ccccc1. The highest BCUT2D eigenvalue weighted by atomic mass is 16.5. The second-order valence-electron chi connectivity index (χ2n) is 13.5. The van der Waals surface area contributed by atoms with E-state index in [1.807, 2.05) is 48.5 Å². The second kappa shape index (κ2) is 13.3. The van der Waals surface area contributed by atoms with Gasteiger partial charge in [-0.25, -0.2) is 0 Å². The minimum Gasteiger partial charge on any atom is -0.456 e. The molecule has 3 heteroatoms. The van der Waals surface area contributed by atoms with Crippen LogP contribution in [-0.4, -0.2) is 0 Å². The number of furan rings is 1. The molecule has 3 nitrogen and oxygen atoms in total. The third-order valence-electron chi connectivity index (χ3n) is 10.1. The van der Waals surface area contributed by atoms with Crippen LogP contribution in [0.3, 0.4) is 0 Å². The number of hydrogen-bond acceptors (Lipinski definition) is 3. The number of ether oxygens (including phenoxy) is 1. The van der Waals surface area contributed by atoms with E-state index in [0.717, 1.165) is 67.0 Å². The Balaban J connectivity index is 1.08. The van der Waals surface area contributed by atoms with Crippen LogP contribution in [0.25, 0.3) is 67.2 Å². The standard InChI is InChI=1S/C51H33NO2/c1-4-11-35(12-5-1)37-19-21-38(22-20-37)39-23-25-42(26-24-39)52(43-18-10-17-41(33-43)36-13-6-2-7-14-36)44-27-29-49-46(34-44)51-45-28-30-47(40-15-8-3-9-16-40)53-48(45)31-32-50(51)54-49/h1-29,31-34H. The van der Waals surface area contributed by atoms with Crippen molar-refractivity contribution >= 4 is 50.8 Å². The van der Waals surface area contributed by atoms with Crippen molar-refractivity contribution in [1.29, 1.82) is 0 Å². The Morgan fingerprint density at radius 3 is 1.57 bits per heavy atom. The lowest BCUT2D eigenvalue weighted by Crippen LogP contribution is -2.10. The molecule has 0 atom stereocenters. The topological polar surface area (TPSA) is 25.6 Å². The molecule has 1 aliphatic rings. The zero-order valence-corrected chi connectivity index (χ0v) is 29.3. The number of fused-ring (bicyclic) bond motifs is 5. The van der Waals surface area contributed by atoms with Crippen LogP contribution in [0.1, 0.15) is 11.1 Å². The van der Waals surface area contributed by atoms with Gasteiger partial charge in [0.15, 0.2) is 5.76 Å². The summed E-state index contributed by atoms with van der Waals surface area (Å²) < 4.78 is 12.8. The first kappa shape index (κ1) is 31.4. The molecule has 0 saturated carbocycles. The van der Waals surface area contributed by atoms with Crippen molar-refractivity contribution in [3.8, 4) is 39.1 Å². The van der Waals surface area contributed by atoms with Crippen LogP contribution in [-0.2, 0) is 0 Å². The van der Waals surface area contributed by atoms with Gasteiger partial charge in [-0.05, 0) is 94.1 Å². The van der Waals surface area contributed by atoms with Crippen molar-refractivity contribution in [1.82, 2.24) is 0 Å². The molecule has 0 amide bonds. The molecular weight excluding hydrogens is 659 g/mol. The molecule has 0 bridgehead atoms. The number of nitrogens with zero attached hydrogens (tertiary/aromatic N) is 1. The largest absolute Gasteiger partial charge is 0.456 e. The van der Waals surface area contributed by atoms with Crippen LogP contribution in [0.15, 0.2) is 204 Å². The monoisotopic (exact) mass is 691 g/mol. The van der Waals surface area contributed by atoms with E-state index in [0.29, 0.717) is 5.76 Å². The number of anilines is 3. The van der Waals surface area contributed by atoms with Gasteiger partial charge in [0, 0.05) is 39.0 Å². The van der Waals surface area contributed by atoms with Gasteiger partial charge >= 0.3 is 0 Å². The van der Waals surface area contributed by atoms with Crippen LogP contribution in [0, 0.1) is 0 Å². The summed E-state index contributed by atoms with van der Waals surface area (Å²) in [7, 11) is 0. The molecule has 10 rings (SSSR count). The van der Waals surface area contributed by atoms with E-state index in [4.69, 9.17) is 9.15 Å². The molecule has 0 fully saturated rings. The van der Waals surface area contributed by atoms with E-state index in [1.54, 1.807) is 0 Å². The molecular formula is C51H33NO2. The molecule has 0 spiro atoms. The summed E-state index contributed by atoms with van der Waals surface area (Å²) in [6.07, 6.45) is 2.03. The summed E-state index contributed by atoms with van der Waals surface area (Å²) in [6, 6.07) is 67.9. The molecule has 1 aromatic heterocycles. The first-order valence-corrected chi connectivity index (χ1v) is 18.2. The molecule has 54 heavy (non-hydrogen) atoms. The van der Waals surface area contributed by atoms with Gasteiger partial charge in [-0.1, -0.05) is 145 Å². The van der Waals surface area contributed by atoms with Crippen molar-refractivity contribution in [3.05, 3.63) is 211 Å². The third kappa shape index (κ3) is 5.76. The van der Waals surface area contributed by atoms with Gasteiger partial charge in [-0.2, -0.15) is 0 Å². The van der Waals surface area contributed by atoms with Crippen LogP contribution in [0.4, 0.5) is 17.1 Å². The highest BCUT2D eigenvalue weighted by Gasteiger charge is 2.21. The van der Waals surface area contributed by atoms with Gasteiger partial charge < -0.3 is 14.1 Å². The lowest BCUT2D eigenvalue weighted by molar-refractivity contribution is 0.513. The van der Waals surface area contributed by atoms with Gasteiger partial charge in [0.2, 0.25) is 0 Å². The summed E-state index contributed by atoms with van der Waals surface area (Å²) in [5, 5.41) is 2.03. The van der Waals surface area contributed by atoms with Crippen LogP contribution < -0.4 is 9.64 Å². The fourth-order valence-electron chi connectivity index (χ4n) is 7.44. The average molecular weight is 692 g/mol. The maximum atomic E-state index is 6.43. The molecule has 0 radical (unpaired) electrons. The molecule has 1 aliphatic heterocycles. The Morgan fingerprint density at radius 2 is 0.907 bits per heavy atom. The molecule has 8 aromatic carbocycles. The zero-order chi connectivity index (χ0) is 35.8. The van der Waals surface area contributed by atoms with E-state index in [1.165, 1.54) is 22.3 Å². The minimum absolute atomic E-state index is 0.705. The molecule has 254 valence electrons. The summed E-state index contributed by atoms with van der Waals surface area (Å²) in [5.74, 6) is 1.49. The maximum Gasteiger partial charge on any atom is 0.176 e. The lowest BCUT2D eigenvalue weighted by atomic mass is 9.99. The van der Waals surface area contributed by atoms with Crippen LogP contribution in [0.2, 0.25) is 0 Å². The predicted molar refractivity (Wildman–Crippen MR) is 223 cm³/mol. The second-order valence-corrected chi connectivity index (χ2v) is 13.5. The fourth-order valence-corrected chi connectivity index (χ4v) is 7.44. The Morgan fingerprint density at radius 1 is 0.389 bits per heavy atom. The van der Waals surface area contributed by atoms with Gasteiger partial charge in [-0.3, -0.25) is 0 Å². The Kier molecular flexibility index (Phi) is 7.76. The predicted octanol–water partition coefficient (Wildman–Crippen LogP) is 14.1. The van der Waals surface area contributed by atoms with Crippen molar-refractivity contribution in [3.63, 3.8) is 0 Å². The summed E-state index contributed by atoms with van der Waals surface area (Å²) in [6.45, 7) is 0. The first-order chi connectivity index (χ1) is 26.7. The Hall–Kier alpha value is -7.32. The fraction of sp³-hybridized carbons (Fsp3) is 0. The minimum atomic E-state index is 0.705. The van der Waals surface area contributed by atoms with E-state index in [-0.39, 0.29) is 0 Å². The van der Waals surface area contributed by atoms with E-state index < -0.39 is 0 Å². The van der Waals surface area contributed by atoms with Gasteiger partial charge in [0.1, 0.15) is 16.9 Å². The summed E-state index contributed by atoms with van der Waals surface area (Å²) in [4.78, 5) is 2.32. The summed E-state index contributed by atoms with van der Waals surface area (Å²) in [5.41, 5.74) is 17.2. The van der Waals surface area contributed by atoms with Crippen molar-refractivity contribution in [2.24, 2.45) is 0 Å². The van der Waals surface area contributed by atoms with Crippen LogP contribution >= 0.6 is 0 Å². The molecule has 0 unspecified atom stereocenters. The average Bonchev–Trinajstić information content (AvgIpc) is 3.64. The van der Waals surface area contributed by atoms with Crippen molar-refractivity contribution in [2.45, 2.75) is 0 Å². The Labute approximate surface area is 314 Å². The normalized spacial score (nSPS) is 12.0. The number of rotatable bonds is 7. The highest BCUT2D eigenvalue weighted by molar-refractivity contribution is 6.11. The Bertz CT molecular complexity index is 2850. The van der Waals surface area contributed by atoms with Gasteiger partial charge in [0.25, 0.3) is 0 Å². The number of hydrogen-bond donors (Lipinski definition) is 0. The molecule has 0 aliphatic carbocycles. The quantitative estimate of drug-likeness (QED) is 0.156.